The zero-order chi connectivity index (χ0) is 11.0. The van der Waals surface area contributed by atoms with E-state index in [9.17, 15) is 4.79 Å². The molecule has 0 spiro atoms. The van der Waals surface area contributed by atoms with Crippen LogP contribution in [0.5, 0.6) is 0 Å². The van der Waals surface area contributed by atoms with Crippen molar-refractivity contribution in [2.75, 3.05) is 0 Å². The number of amidine groups is 1. The summed E-state index contributed by atoms with van der Waals surface area (Å²) < 4.78 is 0. The summed E-state index contributed by atoms with van der Waals surface area (Å²) >= 11 is 0. The van der Waals surface area contributed by atoms with E-state index in [1.165, 1.54) is 0 Å². The number of fused-ring (bicyclic) bond motifs is 1. The average Bonchev–Trinajstić information content (AvgIpc) is 2.66. The molecule has 0 unspecified atom stereocenters. The lowest BCUT2D eigenvalue weighted by Crippen LogP contribution is -2.27. The van der Waals surface area contributed by atoms with Crippen LogP contribution in [0.1, 0.15) is 11.6 Å². The highest BCUT2D eigenvalue weighted by Gasteiger charge is 2.34. The minimum Gasteiger partial charge on any atom is -0.316 e. The molecule has 0 radical (unpaired) electrons. The van der Waals surface area contributed by atoms with Gasteiger partial charge < -0.3 is 4.90 Å². The van der Waals surface area contributed by atoms with Gasteiger partial charge in [0.05, 0.1) is 0 Å². The summed E-state index contributed by atoms with van der Waals surface area (Å²) in [6.45, 7) is 0. The topological polar surface area (TPSA) is 32.7 Å². The summed E-state index contributed by atoms with van der Waals surface area (Å²) in [6, 6.07) is 9.42. The van der Waals surface area contributed by atoms with Crippen molar-refractivity contribution in [2.45, 2.75) is 6.04 Å². The van der Waals surface area contributed by atoms with Crippen LogP contribution in [0, 0.1) is 0 Å². The molecule has 1 aromatic rings. The fraction of sp³-hybridized carbons (Fsp3) is 0.0769. The maximum atomic E-state index is 11.8. The highest BCUT2D eigenvalue weighted by Crippen LogP contribution is 2.29. The number of hydrogen-bond acceptors (Lipinski definition) is 2. The molecule has 1 aromatic carbocycles. The number of carbonyl (C=O) groups excluding carboxylic acids is 1. The fourth-order valence-corrected chi connectivity index (χ4v) is 1.99. The predicted octanol–water partition coefficient (Wildman–Crippen LogP) is 2.05. The van der Waals surface area contributed by atoms with Crippen molar-refractivity contribution in [1.29, 1.82) is 0 Å². The zero-order valence-corrected chi connectivity index (χ0v) is 8.58. The second-order valence-electron chi connectivity index (χ2n) is 3.73. The normalized spacial score (nSPS) is 22.2. The predicted molar refractivity (Wildman–Crippen MR) is 61.7 cm³/mol. The highest BCUT2D eigenvalue weighted by atomic mass is 16.2. The Morgan fingerprint density at radius 2 is 1.94 bits per heavy atom. The Bertz CT molecular complexity index is 514. The number of allylic oxidation sites excluding steroid dienone is 2. The van der Waals surface area contributed by atoms with Crippen LogP contribution in [0.2, 0.25) is 0 Å². The molecule has 1 amide bonds. The Labute approximate surface area is 93.4 Å². The zero-order valence-electron chi connectivity index (χ0n) is 8.58. The quantitative estimate of drug-likeness (QED) is 0.710. The molecule has 78 valence electrons. The van der Waals surface area contributed by atoms with Crippen LogP contribution in [0.15, 0.2) is 59.8 Å². The van der Waals surface area contributed by atoms with E-state index in [2.05, 4.69) is 4.99 Å². The second-order valence-corrected chi connectivity index (χ2v) is 3.73. The molecule has 1 atom stereocenters. The van der Waals surface area contributed by atoms with E-state index >= 15 is 0 Å². The molecule has 0 fully saturated rings. The van der Waals surface area contributed by atoms with E-state index in [4.69, 9.17) is 0 Å². The highest BCUT2D eigenvalue weighted by molar-refractivity contribution is 6.10. The molecule has 2 aliphatic heterocycles. The van der Waals surface area contributed by atoms with Gasteiger partial charge in [0.1, 0.15) is 11.9 Å². The van der Waals surface area contributed by atoms with Gasteiger partial charge >= 0.3 is 0 Å². The van der Waals surface area contributed by atoms with Gasteiger partial charge in [0.15, 0.2) is 0 Å². The summed E-state index contributed by atoms with van der Waals surface area (Å²) in [5.41, 5.74) is 0.978. The second kappa shape index (κ2) is 3.45. The molecule has 0 N–H and O–H groups in total. The van der Waals surface area contributed by atoms with E-state index in [0.717, 1.165) is 11.4 Å². The molecule has 16 heavy (non-hydrogen) atoms. The largest absolute Gasteiger partial charge is 0.316 e. The molecular formula is C13H10N2O. The summed E-state index contributed by atoms with van der Waals surface area (Å²) in [4.78, 5) is 17.8. The molecule has 0 bridgehead atoms. The number of nitrogens with zero attached hydrogens (tertiary/aromatic N) is 2. The van der Waals surface area contributed by atoms with Crippen molar-refractivity contribution in [3.63, 3.8) is 0 Å². The molecule has 2 heterocycles. The van der Waals surface area contributed by atoms with Crippen molar-refractivity contribution in [3.05, 3.63) is 60.3 Å². The lowest BCUT2D eigenvalue weighted by atomic mass is 10.1. The Morgan fingerprint density at radius 3 is 2.75 bits per heavy atom. The van der Waals surface area contributed by atoms with Gasteiger partial charge in [-0.1, -0.05) is 36.4 Å². The molecule has 2 aliphatic rings. The Morgan fingerprint density at radius 1 is 1.12 bits per heavy atom. The standard InChI is InChI=1S/C13H10N2O/c16-13-12(10-6-2-1-3-7-10)15-9-5-4-8-11(15)14-13/h1-9,12H/t12-/m0/s1. The Balaban J connectivity index is 2.02. The number of benzene rings is 1. The van der Waals surface area contributed by atoms with Crippen molar-refractivity contribution in [1.82, 2.24) is 4.90 Å². The molecule has 0 aromatic heterocycles. The van der Waals surface area contributed by atoms with Crippen LogP contribution in [-0.2, 0) is 4.79 Å². The van der Waals surface area contributed by atoms with Crippen molar-refractivity contribution in [3.8, 4) is 0 Å². The SMILES string of the molecule is O=C1N=C2C=CC=CN2[C@H]1c1ccccc1. The molecular weight excluding hydrogens is 200 g/mol. The van der Waals surface area contributed by atoms with E-state index in [-0.39, 0.29) is 11.9 Å². The maximum Gasteiger partial charge on any atom is 0.275 e. The van der Waals surface area contributed by atoms with E-state index in [0.29, 0.717) is 0 Å². The third-order valence-corrected chi connectivity index (χ3v) is 2.72. The van der Waals surface area contributed by atoms with Gasteiger partial charge in [0.2, 0.25) is 0 Å². The minimum absolute atomic E-state index is 0.0996. The van der Waals surface area contributed by atoms with Gasteiger partial charge in [-0.25, -0.2) is 0 Å². The minimum atomic E-state index is -0.294. The average molecular weight is 210 g/mol. The van der Waals surface area contributed by atoms with Crippen molar-refractivity contribution < 1.29 is 4.79 Å². The summed E-state index contributed by atoms with van der Waals surface area (Å²) in [7, 11) is 0. The van der Waals surface area contributed by atoms with E-state index in [1.54, 1.807) is 0 Å². The van der Waals surface area contributed by atoms with Gasteiger partial charge in [-0.05, 0) is 17.7 Å². The van der Waals surface area contributed by atoms with Gasteiger partial charge in [-0.3, -0.25) is 4.79 Å². The Hall–Kier alpha value is -2.16. The van der Waals surface area contributed by atoms with Gasteiger partial charge in [-0.15, -0.1) is 0 Å². The van der Waals surface area contributed by atoms with Crippen molar-refractivity contribution in [2.24, 2.45) is 4.99 Å². The first-order valence-corrected chi connectivity index (χ1v) is 5.17. The summed E-state index contributed by atoms with van der Waals surface area (Å²) in [5.74, 6) is 0.624. The first-order chi connectivity index (χ1) is 7.86. The van der Waals surface area contributed by atoms with Crippen LogP contribution < -0.4 is 0 Å². The first-order valence-electron chi connectivity index (χ1n) is 5.17. The van der Waals surface area contributed by atoms with Crippen LogP contribution in [0.3, 0.4) is 0 Å². The van der Waals surface area contributed by atoms with Crippen molar-refractivity contribution >= 4 is 11.7 Å². The number of rotatable bonds is 1. The number of aliphatic imine (C=N–C) groups is 1. The molecule has 0 saturated heterocycles. The third-order valence-electron chi connectivity index (χ3n) is 2.72. The number of hydrogen-bond donors (Lipinski definition) is 0. The monoisotopic (exact) mass is 210 g/mol. The summed E-state index contributed by atoms with van der Waals surface area (Å²) in [6.07, 6.45) is 7.53. The Kier molecular flexibility index (Phi) is 1.96. The van der Waals surface area contributed by atoms with Crippen LogP contribution in [0.25, 0.3) is 0 Å². The lowest BCUT2D eigenvalue weighted by Gasteiger charge is -2.23. The molecule has 3 nitrogen and oxygen atoms in total. The van der Waals surface area contributed by atoms with Gasteiger partial charge in [-0.2, -0.15) is 4.99 Å². The molecule has 3 rings (SSSR count). The molecule has 3 heteroatoms. The molecule has 0 aliphatic carbocycles. The molecule has 0 saturated carbocycles. The van der Waals surface area contributed by atoms with Gasteiger partial charge in [0.25, 0.3) is 5.91 Å². The van der Waals surface area contributed by atoms with Gasteiger partial charge in [0, 0.05) is 6.20 Å². The third kappa shape index (κ3) is 1.29. The fourth-order valence-electron chi connectivity index (χ4n) is 1.99. The van der Waals surface area contributed by atoms with E-state index < -0.39 is 0 Å². The van der Waals surface area contributed by atoms with Crippen LogP contribution in [-0.4, -0.2) is 16.6 Å². The van der Waals surface area contributed by atoms with E-state index in [1.807, 2.05) is 59.7 Å². The first kappa shape index (κ1) is 9.09. The number of carbonyl (C=O) groups is 1. The van der Waals surface area contributed by atoms with Crippen LogP contribution in [0.4, 0.5) is 0 Å². The number of amides is 1. The lowest BCUT2D eigenvalue weighted by molar-refractivity contribution is -0.120. The maximum absolute atomic E-state index is 11.8. The summed E-state index contributed by atoms with van der Waals surface area (Å²) in [5, 5.41) is 0. The smallest absolute Gasteiger partial charge is 0.275 e. The van der Waals surface area contributed by atoms with Crippen LogP contribution >= 0.6 is 0 Å².